The summed E-state index contributed by atoms with van der Waals surface area (Å²) in [5.74, 6) is 0.762. The molecule has 0 radical (unpaired) electrons. The minimum Gasteiger partial charge on any atom is -0.365 e. The minimum atomic E-state index is -0.254. The first kappa shape index (κ1) is 16.1. The maximum Gasteiger partial charge on any atom is 0.244 e. The Kier molecular flexibility index (Phi) is 5.18. The Labute approximate surface area is 143 Å². The van der Waals surface area contributed by atoms with Gasteiger partial charge >= 0.3 is 0 Å². The highest BCUT2D eigenvalue weighted by Crippen LogP contribution is 2.12. The highest BCUT2D eigenvalue weighted by Gasteiger charge is 2.01. The van der Waals surface area contributed by atoms with E-state index < -0.39 is 0 Å². The van der Waals surface area contributed by atoms with E-state index in [4.69, 9.17) is 11.6 Å². The van der Waals surface area contributed by atoms with Crippen molar-refractivity contribution >= 4 is 23.4 Å². The standard InChI is InChI=1S/C17H15ClFN5/c18-14-5-1-12(2-6-14)10-21-17-23-16(11-22-24-17)20-9-13-3-7-15(19)8-4-13/h1-8,11H,9-10H2,(H2,20,21,23,24). The van der Waals surface area contributed by atoms with Crippen molar-refractivity contribution in [2.24, 2.45) is 0 Å². The average molecular weight is 344 g/mol. The highest BCUT2D eigenvalue weighted by molar-refractivity contribution is 6.30. The maximum absolute atomic E-state index is 12.9. The van der Waals surface area contributed by atoms with Gasteiger partial charge in [0.05, 0.1) is 6.20 Å². The summed E-state index contributed by atoms with van der Waals surface area (Å²) in [6, 6.07) is 13.8. The molecule has 0 aliphatic carbocycles. The zero-order chi connectivity index (χ0) is 16.8. The van der Waals surface area contributed by atoms with Crippen LogP contribution in [0.5, 0.6) is 0 Å². The number of nitrogens with zero attached hydrogens (tertiary/aromatic N) is 3. The van der Waals surface area contributed by atoms with Gasteiger partial charge in [-0.25, -0.2) is 4.39 Å². The van der Waals surface area contributed by atoms with Gasteiger partial charge in [-0.05, 0) is 35.4 Å². The summed E-state index contributed by atoms with van der Waals surface area (Å²) in [5.41, 5.74) is 2.01. The Morgan fingerprint density at radius 1 is 0.875 bits per heavy atom. The lowest BCUT2D eigenvalue weighted by molar-refractivity contribution is 0.627. The second-order valence-electron chi connectivity index (χ2n) is 5.13. The molecule has 2 aromatic carbocycles. The van der Waals surface area contributed by atoms with Gasteiger partial charge in [-0.15, -0.1) is 5.10 Å². The van der Waals surface area contributed by atoms with Gasteiger partial charge in [0, 0.05) is 18.1 Å². The normalized spacial score (nSPS) is 10.4. The topological polar surface area (TPSA) is 62.7 Å². The van der Waals surface area contributed by atoms with Crippen molar-refractivity contribution in [1.29, 1.82) is 0 Å². The van der Waals surface area contributed by atoms with Gasteiger partial charge in [0.1, 0.15) is 5.82 Å². The smallest absolute Gasteiger partial charge is 0.244 e. The van der Waals surface area contributed by atoms with Crippen molar-refractivity contribution < 1.29 is 4.39 Å². The van der Waals surface area contributed by atoms with E-state index >= 15 is 0 Å². The average Bonchev–Trinajstić information content (AvgIpc) is 2.61. The second-order valence-corrected chi connectivity index (χ2v) is 5.56. The molecule has 0 bridgehead atoms. The first-order valence-electron chi connectivity index (χ1n) is 7.35. The van der Waals surface area contributed by atoms with Crippen molar-refractivity contribution in [3.8, 4) is 0 Å². The number of anilines is 2. The molecular weight excluding hydrogens is 329 g/mol. The van der Waals surface area contributed by atoms with E-state index in [1.54, 1.807) is 12.1 Å². The van der Waals surface area contributed by atoms with Crippen LogP contribution >= 0.6 is 11.6 Å². The van der Waals surface area contributed by atoms with Gasteiger partial charge in [0.2, 0.25) is 5.95 Å². The molecule has 0 unspecified atom stereocenters. The molecular formula is C17H15ClFN5. The molecule has 7 heteroatoms. The minimum absolute atomic E-state index is 0.254. The molecule has 122 valence electrons. The molecule has 0 aliphatic heterocycles. The second kappa shape index (κ2) is 7.70. The molecule has 0 spiro atoms. The summed E-state index contributed by atoms with van der Waals surface area (Å²) in [5, 5.41) is 14.8. The van der Waals surface area contributed by atoms with E-state index in [0.29, 0.717) is 29.9 Å². The Hall–Kier alpha value is -2.73. The summed E-state index contributed by atoms with van der Waals surface area (Å²) in [6.45, 7) is 1.09. The molecule has 1 aromatic heterocycles. The molecule has 2 N–H and O–H groups in total. The quantitative estimate of drug-likeness (QED) is 0.711. The SMILES string of the molecule is Fc1ccc(CNc2cnnc(NCc3ccc(Cl)cc3)n2)cc1. The fourth-order valence-corrected chi connectivity index (χ4v) is 2.17. The van der Waals surface area contributed by atoms with Crippen LogP contribution in [0.1, 0.15) is 11.1 Å². The number of benzene rings is 2. The van der Waals surface area contributed by atoms with Crippen LogP contribution in [-0.2, 0) is 13.1 Å². The first-order chi connectivity index (χ1) is 11.7. The van der Waals surface area contributed by atoms with Crippen LogP contribution in [0.3, 0.4) is 0 Å². The van der Waals surface area contributed by atoms with E-state index in [2.05, 4.69) is 25.8 Å². The van der Waals surface area contributed by atoms with E-state index in [1.165, 1.54) is 18.3 Å². The van der Waals surface area contributed by atoms with E-state index in [-0.39, 0.29) is 5.82 Å². The largest absolute Gasteiger partial charge is 0.365 e. The first-order valence-corrected chi connectivity index (χ1v) is 7.73. The molecule has 0 fully saturated rings. The lowest BCUT2D eigenvalue weighted by atomic mass is 10.2. The Bertz CT molecular complexity index is 728. The predicted octanol–water partition coefficient (Wildman–Crippen LogP) is 3.89. The van der Waals surface area contributed by atoms with E-state index in [1.807, 2.05) is 24.3 Å². The van der Waals surface area contributed by atoms with Crippen molar-refractivity contribution in [3.05, 3.63) is 76.7 Å². The molecule has 0 atom stereocenters. The van der Waals surface area contributed by atoms with Crippen LogP contribution in [0.25, 0.3) is 0 Å². The summed E-state index contributed by atoms with van der Waals surface area (Å²) in [4.78, 5) is 4.34. The number of nitrogens with one attached hydrogen (secondary N) is 2. The fourth-order valence-electron chi connectivity index (χ4n) is 2.04. The van der Waals surface area contributed by atoms with Gasteiger partial charge in [0.25, 0.3) is 0 Å². The van der Waals surface area contributed by atoms with Gasteiger partial charge < -0.3 is 10.6 Å². The Morgan fingerprint density at radius 2 is 1.50 bits per heavy atom. The van der Waals surface area contributed by atoms with E-state index in [9.17, 15) is 4.39 Å². The molecule has 5 nitrogen and oxygen atoms in total. The molecule has 24 heavy (non-hydrogen) atoms. The van der Waals surface area contributed by atoms with Gasteiger partial charge in [-0.3, -0.25) is 0 Å². The lowest BCUT2D eigenvalue weighted by Gasteiger charge is -2.08. The molecule has 0 saturated heterocycles. The monoisotopic (exact) mass is 343 g/mol. The summed E-state index contributed by atoms with van der Waals surface area (Å²) >= 11 is 5.86. The van der Waals surface area contributed by atoms with Gasteiger partial charge in [-0.1, -0.05) is 35.9 Å². The van der Waals surface area contributed by atoms with Crippen molar-refractivity contribution in [1.82, 2.24) is 15.2 Å². The number of hydrogen-bond acceptors (Lipinski definition) is 5. The maximum atomic E-state index is 12.9. The summed E-state index contributed by atoms with van der Waals surface area (Å²) in [6.07, 6.45) is 1.54. The van der Waals surface area contributed by atoms with Crippen molar-refractivity contribution in [2.45, 2.75) is 13.1 Å². The van der Waals surface area contributed by atoms with Crippen molar-refractivity contribution in [3.63, 3.8) is 0 Å². The molecule has 3 rings (SSSR count). The molecule has 0 amide bonds. The number of halogens is 2. The van der Waals surface area contributed by atoms with Gasteiger partial charge in [0.15, 0.2) is 5.82 Å². The van der Waals surface area contributed by atoms with Crippen LogP contribution in [0.4, 0.5) is 16.2 Å². The summed E-state index contributed by atoms with van der Waals surface area (Å²) in [7, 11) is 0. The molecule has 0 saturated carbocycles. The summed E-state index contributed by atoms with van der Waals surface area (Å²) < 4.78 is 12.9. The van der Waals surface area contributed by atoms with Crippen LogP contribution in [0.2, 0.25) is 5.02 Å². The third-order valence-corrected chi connectivity index (χ3v) is 3.56. The highest BCUT2D eigenvalue weighted by atomic mass is 35.5. The number of aromatic nitrogens is 3. The van der Waals surface area contributed by atoms with E-state index in [0.717, 1.165) is 11.1 Å². The van der Waals surface area contributed by atoms with Crippen LogP contribution in [0.15, 0.2) is 54.7 Å². The number of hydrogen-bond donors (Lipinski definition) is 2. The Balaban J connectivity index is 1.57. The van der Waals surface area contributed by atoms with Crippen LogP contribution < -0.4 is 10.6 Å². The van der Waals surface area contributed by atoms with Gasteiger partial charge in [-0.2, -0.15) is 10.1 Å². The van der Waals surface area contributed by atoms with Crippen molar-refractivity contribution in [2.75, 3.05) is 10.6 Å². The predicted molar refractivity (Wildman–Crippen MR) is 92.3 cm³/mol. The molecule has 1 heterocycles. The number of rotatable bonds is 6. The van der Waals surface area contributed by atoms with Crippen LogP contribution in [-0.4, -0.2) is 15.2 Å². The third kappa shape index (κ3) is 4.63. The third-order valence-electron chi connectivity index (χ3n) is 3.31. The molecule has 0 aliphatic rings. The molecule has 3 aromatic rings. The fraction of sp³-hybridized carbons (Fsp3) is 0.118. The lowest BCUT2D eigenvalue weighted by Crippen LogP contribution is -2.08. The Morgan fingerprint density at radius 3 is 2.21 bits per heavy atom. The zero-order valence-electron chi connectivity index (χ0n) is 12.7. The zero-order valence-corrected chi connectivity index (χ0v) is 13.5. The van der Waals surface area contributed by atoms with Crippen LogP contribution in [0, 0.1) is 5.82 Å².